The van der Waals surface area contributed by atoms with Crippen LogP contribution in [0, 0.1) is 28.6 Å². The van der Waals surface area contributed by atoms with E-state index in [0.29, 0.717) is 24.9 Å². The lowest BCUT2D eigenvalue weighted by Crippen LogP contribution is -2.69. The van der Waals surface area contributed by atoms with Crippen LogP contribution in [0.25, 0.3) is 5.69 Å². The molecule has 1 aliphatic heterocycles. The Hall–Kier alpha value is -3.24. The normalized spacial score (nSPS) is 38.0. The van der Waals surface area contributed by atoms with Gasteiger partial charge < -0.3 is 14.9 Å². The van der Waals surface area contributed by atoms with Crippen molar-refractivity contribution in [2.75, 3.05) is 0 Å². The first-order valence-corrected chi connectivity index (χ1v) is 14.7. The van der Waals surface area contributed by atoms with E-state index in [1.807, 2.05) is 32.9 Å². The van der Waals surface area contributed by atoms with Crippen molar-refractivity contribution in [1.82, 2.24) is 13.9 Å². The highest BCUT2D eigenvalue weighted by Crippen LogP contribution is 2.70. The zero-order valence-corrected chi connectivity index (χ0v) is 24.1. The zero-order valence-electron chi connectivity index (χ0n) is 24.1. The Bertz CT molecular complexity index is 1550. The summed E-state index contributed by atoms with van der Waals surface area (Å²) >= 11 is 0. The molecule has 2 bridgehead atoms. The summed E-state index contributed by atoms with van der Waals surface area (Å²) in [5, 5.41) is 23.6. The summed E-state index contributed by atoms with van der Waals surface area (Å²) in [4.78, 5) is 53.3. The predicted octanol–water partition coefficient (Wildman–Crippen LogP) is 2.21. The number of ether oxygens (including phenoxy) is 1. The van der Waals surface area contributed by atoms with Gasteiger partial charge in [-0.05, 0) is 61.1 Å². The van der Waals surface area contributed by atoms with Gasteiger partial charge in [-0.15, -0.1) is 0 Å². The number of para-hydroxylation sites is 1. The van der Waals surface area contributed by atoms with Crippen molar-refractivity contribution in [3.05, 3.63) is 62.9 Å². The van der Waals surface area contributed by atoms with Gasteiger partial charge in [-0.25, -0.2) is 23.5 Å². The standard InChI is InChI=1S/C31H39N3O7/c1-5-25(36)41-24-15-22(19(3)30-13-11-18(2)29(24,4)31(30,40)26(37)23(35)16-30)20-12-14-32-27(38)34(28(39)33(32)17-20)21-9-7-6-8-10-21/h6-10,12,18-19,22-24,35,40H,5,11,13-17H2,1-4H3/t18?,19-,22+,23-,24+,29-,30-,31+/m0/s1. The summed E-state index contributed by atoms with van der Waals surface area (Å²) in [6.07, 6.45) is 1.80. The molecule has 41 heavy (non-hydrogen) atoms. The summed E-state index contributed by atoms with van der Waals surface area (Å²) in [6, 6.07) is 8.80. The van der Waals surface area contributed by atoms with Gasteiger partial charge in [-0.2, -0.15) is 0 Å². The number of fused-ring (bicyclic) bond motifs is 1. The molecule has 0 amide bonds. The monoisotopic (exact) mass is 565 g/mol. The molecule has 3 saturated carbocycles. The Morgan fingerprint density at radius 1 is 1.10 bits per heavy atom. The first-order chi connectivity index (χ1) is 19.4. The largest absolute Gasteiger partial charge is 0.462 e. The molecule has 2 heterocycles. The minimum Gasteiger partial charge on any atom is -0.462 e. The molecule has 6 rings (SSSR count). The highest BCUT2D eigenvalue weighted by atomic mass is 16.5. The Morgan fingerprint density at radius 3 is 2.46 bits per heavy atom. The topological polar surface area (TPSA) is 133 Å². The van der Waals surface area contributed by atoms with E-state index in [2.05, 4.69) is 0 Å². The van der Waals surface area contributed by atoms with Crippen LogP contribution in [0.5, 0.6) is 0 Å². The quantitative estimate of drug-likeness (QED) is 0.429. The van der Waals surface area contributed by atoms with Gasteiger partial charge in [0.2, 0.25) is 0 Å². The van der Waals surface area contributed by atoms with Crippen molar-refractivity contribution < 1.29 is 24.5 Å². The van der Waals surface area contributed by atoms with Crippen LogP contribution in [-0.4, -0.2) is 53.7 Å². The Kier molecular flexibility index (Phi) is 6.39. The van der Waals surface area contributed by atoms with Gasteiger partial charge in [0.1, 0.15) is 17.8 Å². The van der Waals surface area contributed by atoms with E-state index in [-0.39, 0.29) is 43.7 Å². The van der Waals surface area contributed by atoms with Crippen LogP contribution in [0.4, 0.5) is 0 Å². The van der Waals surface area contributed by atoms with E-state index in [9.17, 15) is 29.4 Å². The fourth-order valence-electron chi connectivity index (χ4n) is 8.89. The number of nitrogens with zero attached hydrogens (tertiary/aromatic N) is 3. The number of hydrogen-bond donors (Lipinski definition) is 2. The van der Waals surface area contributed by atoms with Gasteiger partial charge in [-0.3, -0.25) is 9.59 Å². The summed E-state index contributed by atoms with van der Waals surface area (Å²) in [5.74, 6) is -1.69. The molecule has 2 aromatic rings. The smallest absolute Gasteiger partial charge is 0.352 e. The third-order valence-electron chi connectivity index (χ3n) is 11.4. The minimum atomic E-state index is -1.88. The number of aliphatic hydroxyl groups excluding tert-OH is 1. The summed E-state index contributed by atoms with van der Waals surface area (Å²) < 4.78 is 10.1. The number of Topliss-reactive ketones (excluding diaryl/α,β-unsaturated/α-hetero) is 1. The van der Waals surface area contributed by atoms with Crippen LogP contribution in [0.2, 0.25) is 0 Å². The van der Waals surface area contributed by atoms with E-state index in [0.717, 1.165) is 10.1 Å². The maximum Gasteiger partial charge on any atom is 0.352 e. The van der Waals surface area contributed by atoms with Crippen LogP contribution < -0.4 is 11.4 Å². The van der Waals surface area contributed by atoms with E-state index < -0.39 is 51.8 Å². The lowest BCUT2D eigenvalue weighted by atomic mass is 9.46. The van der Waals surface area contributed by atoms with Gasteiger partial charge in [-0.1, -0.05) is 52.0 Å². The number of ketones is 1. The summed E-state index contributed by atoms with van der Waals surface area (Å²) in [5.41, 5.74) is -3.39. The zero-order chi connectivity index (χ0) is 29.5. The van der Waals surface area contributed by atoms with E-state index in [1.165, 1.54) is 9.36 Å². The molecule has 1 unspecified atom stereocenters. The van der Waals surface area contributed by atoms with Crippen LogP contribution in [0.1, 0.15) is 59.8 Å². The first-order valence-electron chi connectivity index (χ1n) is 14.7. The fraction of sp³-hybridized carbons (Fsp3) is 0.613. The first kappa shape index (κ1) is 27.9. The lowest BCUT2D eigenvalue weighted by molar-refractivity contribution is -0.235. The molecular weight excluding hydrogens is 526 g/mol. The third kappa shape index (κ3) is 3.49. The number of allylic oxidation sites excluding steroid dienone is 2. The lowest BCUT2D eigenvalue weighted by Gasteiger charge is -2.60. The Morgan fingerprint density at radius 2 is 1.78 bits per heavy atom. The molecule has 0 radical (unpaired) electrons. The second-order valence-corrected chi connectivity index (χ2v) is 12.8. The van der Waals surface area contributed by atoms with Crippen molar-refractivity contribution in [3.8, 4) is 5.69 Å². The number of carbonyl (C=O) groups excluding carboxylic acids is 2. The number of aromatic nitrogens is 3. The fourth-order valence-corrected chi connectivity index (χ4v) is 8.89. The molecule has 10 heteroatoms. The molecule has 10 nitrogen and oxygen atoms in total. The van der Waals surface area contributed by atoms with Crippen LogP contribution in [0.15, 0.2) is 51.6 Å². The number of benzene rings is 1. The maximum atomic E-state index is 13.7. The van der Waals surface area contributed by atoms with Crippen molar-refractivity contribution >= 4 is 11.8 Å². The van der Waals surface area contributed by atoms with Gasteiger partial charge in [0.25, 0.3) is 0 Å². The van der Waals surface area contributed by atoms with Crippen molar-refractivity contribution in [2.45, 2.75) is 90.7 Å². The molecule has 4 aliphatic rings. The van der Waals surface area contributed by atoms with Crippen LogP contribution >= 0.6 is 0 Å². The van der Waals surface area contributed by atoms with E-state index in [4.69, 9.17) is 4.74 Å². The van der Waals surface area contributed by atoms with Gasteiger partial charge in [0.15, 0.2) is 5.78 Å². The molecule has 3 aliphatic carbocycles. The molecule has 0 saturated heterocycles. The number of esters is 1. The second kappa shape index (κ2) is 9.39. The Labute approximate surface area is 238 Å². The molecule has 8 atom stereocenters. The van der Waals surface area contributed by atoms with Crippen LogP contribution in [0.3, 0.4) is 0 Å². The van der Waals surface area contributed by atoms with Crippen molar-refractivity contribution in [1.29, 1.82) is 0 Å². The third-order valence-corrected chi connectivity index (χ3v) is 11.4. The highest BCUT2D eigenvalue weighted by Gasteiger charge is 2.78. The van der Waals surface area contributed by atoms with Crippen molar-refractivity contribution in [2.24, 2.45) is 28.6 Å². The molecule has 0 spiro atoms. The van der Waals surface area contributed by atoms with Gasteiger partial charge in [0.05, 0.1) is 18.8 Å². The number of aliphatic hydroxyl groups is 2. The molecule has 1 aromatic heterocycles. The summed E-state index contributed by atoms with van der Waals surface area (Å²) in [6.45, 7) is 7.92. The Balaban J connectivity index is 1.47. The van der Waals surface area contributed by atoms with Crippen LogP contribution in [-0.2, 0) is 27.4 Å². The average Bonchev–Trinajstić information content (AvgIpc) is 3.34. The molecule has 220 valence electrons. The number of hydrogen-bond acceptors (Lipinski definition) is 7. The van der Waals surface area contributed by atoms with E-state index in [1.54, 1.807) is 31.2 Å². The predicted molar refractivity (Wildman–Crippen MR) is 149 cm³/mol. The van der Waals surface area contributed by atoms with Crippen molar-refractivity contribution in [3.63, 3.8) is 0 Å². The highest BCUT2D eigenvalue weighted by molar-refractivity contribution is 5.96. The number of rotatable bonds is 4. The maximum absolute atomic E-state index is 13.7. The molecule has 3 fully saturated rings. The number of carbonyl (C=O) groups is 2. The summed E-state index contributed by atoms with van der Waals surface area (Å²) in [7, 11) is 0. The second-order valence-electron chi connectivity index (χ2n) is 12.8. The SMILES string of the molecule is CCC(=O)O[C@@H]1C[C@@H](C2=CCn3c(=O)n(-c4ccccc4)c(=O)n3C2)[C@H](C)[C@@]23CCC(C)[C@]1(C)[C@]2(O)C(=O)[C@@H](O)C3. The van der Waals surface area contributed by atoms with Gasteiger partial charge in [0, 0.05) is 17.3 Å². The average molecular weight is 566 g/mol. The molecule has 1 aromatic carbocycles. The minimum absolute atomic E-state index is 0.138. The molecular formula is C31H39N3O7. The van der Waals surface area contributed by atoms with Gasteiger partial charge >= 0.3 is 17.3 Å². The molecule has 2 N–H and O–H groups in total. The van der Waals surface area contributed by atoms with E-state index >= 15 is 0 Å².